The number of hydrogen-bond donors (Lipinski definition) is 2. The van der Waals surface area contributed by atoms with E-state index in [2.05, 4.69) is 49.3 Å². The van der Waals surface area contributed by atoms with Gasteiger partial charge in [-0.25, -0.2) is 9.18 Å². The highest BCUT2D eigenvalue weighted by molar-refractivity contribution is 5.92. The van der Waals surface area contributed by atoms with Crippen molar-refractivity contribution in [2.75, 3.05) is 11.9 Å². The number of esters is 2. The summed E-state index contributed by atoms with van der Waals surface area (Å²) in [4.78, 5) is 40.5. The van der Waals surface area contributed by atoms with E-state index in [1.165, 1.54) is 42.2 Å². The Labute approximate surface area is 253 Å². The van der Waals surface area contributed by atoms with Gasteiger partial charge in [0.25, 0.3) is 0 Å². The highest BCUT2D eigenvalue weighted by Crippen LogP contribution is 2.49. The molecule has 0 spiro atoms. The van der Waals surface area contributed by atoms with Crippen LogP contribution in [0.5, 0.6) is 0 Å². The van der Waals surface area contributed by atoms with Crippen molar-refractivity contribution in [2.45, 2.75) is 79.6 Å². The first kappa shape index (κ1) is 33.3. The average molecular weight is 591 g/mol. The highest BCUT2D eigenvalue weighted by atomic mass is 19.1. The van der Waals surface area contributed by atoms with Crippen molar-refractivity contribution in [3.8, 4) is 0 Å². The second kappa shape index (κ2) is 15.3. The number of aryl methyl sites for hydroxylation is 1. The molecule has 0 saturated heterocycles. The number of allylic oxidation sites excluding steroid dienone is 5. The van der Waals surface area contributed by atoms with Gasteiger partial charge in [-0.3, -0.25) is 9.59 Å². The van der Waals surface area contributed by atoms with Gasteiger partial charge in [-0.1, -0.05) is 30.2 Å². The van der Waals surface area contributed by atoms with Gasteiger partial charge in [0.2, 0.25) is 5.91 Å². The van der Waals surface area contributed by atoms with Crippen molar-refractivity contribution < 1.29 is 28.2 Å². The molecule has 1 aromatic heterocycles. The lowest BCUT2D eigenvalue weighted by molar-refractivity contribution is -0.143. The lowest BCUT2D eigenvalue weighted by Crippen LogP contribution is -2.23. The summed E-state index contributed by atoms with van der Waals surface area (Å²) in [6, 6.07) is 7.53. The van der Waals surface area contributed by atoms with Gasteiger partial charge in [0.05, 0.1) is 12.7 Å². The summed E-state index contributed by atoms with van der Waals surface area (Å²) in [7, 11) is 0. The number of benzene rings is 1. The molecule has 43 heavy (non-hydrogen) atoms. The summed E-state index contributed by atoms with van der Waals surface area (Å²) in [5.41, 5.74) is 6.12. The summed E-state index contributed by atoms with van der Waals surface area (Å²) in [5.74, 6) is -1.73. The fourth-order valence-corrected chi connectivity index (χ4v) is 5.16. The molecule has 230 valence electrons. The molecule has 1 heterocycles. The second-order valence-corrected chi connectivity index (χ2v) is 11.9. The molecule has 1 aliphatic rings. The minimum absolute atomic E-state index is 0.0527. The van der Waals surface area contributed by atoms with E-state index in [4.69, 9.17) is 9.47 Å². The van der Waals surface area contributed by atoms with Crippen LogP contribution in [0.4, 0.5) is 10.1 Å². The molecule has 2 N–H and O–H groups in total. The summed E-state index contributed by atoms with van der Waals surface area (Å²) < 4.78 is 24.1. The molecule has 1 aliphatic carbocycles. The highest BCUT2D eigenvalue weighted by Gasteiger charge is 2.37. The number of halogens is 1. The third kappa shape index (κ3) is 10.2. The lowest BCUT2D eigenvalue weighted by atomic mass is 9.69. The van der Waals surface area contributed by atoms with E-state index >= 15 is 0 Å². The first-order valence-corrected chi connectivity index (χ1v) is 14.6. The first-order valence-electron chi connectivity index (χ1n) is 14.6. The molecule has 0 aliphatic heterocycles. The van der Waals surface area contributed by atoms with Crippen LogP contribution in [0, 0.1) is 18.2 Å². The van der Waals surface area contributed by atoms with Crippen LogP contribution in [0.25, 0.3) is 5.57 Å². The van der Waals surface area contributed by atoms with Crippen molar-refractivity contribution in [2.24, 2.45) is 5.41 Å². The predicted octanol–water partition coefficient (Wildman–Crippen LogP) is 8.07. The van der Waals surface area contributed by atoms with Crippen molar-refractivity contribution in [1.29, 1.82) is 0 Å². The molecule has 1 amide bonds. The van der Waals surface area contributed by atoms with Gasteiger partial charge in [-0.2, -0.15) is 0 Å². The van der Waals surface area contributed by atoms with Crippen LogP contribution in [-0.4, -0.2) is 29.4 Å². The monoisotopic (exact) mass is 590 g/mol. The lowest BCUT2D eigenvalue weighted by Gasteiger charge is -2.34. The standard InChI is InChI=1S/C35H43FN2O5/c1-23(2)8-7-17-35(6)18-15-26(22-43-32(40)14-13-31(39)38-28-11-9-27(36)10-12-28)34-29(21-25(5)37-34)30(35)16-19-42-33(41)20-24(3)4/h8-12,15-16,19-21,30,37H,7,13-14,17-18,22H2,1-6H3,(H,38,39)/b19-16+/t30-,35-/m0/s1. The quantitative estimate of drug-likeness (QED) is 0.113. The van der Waals surface area contributed by atoms with Crippen molar-refractivity contribution in [3.63, 3.8) is 0 Å². The number of aromatic amines is 1. The van der Waals surface area contributed by atoms with Crippen molar-refractivity contribution in [1.82, 2.24) is 4.98 Å². The Morgan fingerprint density at radius 1 is 1.09 bits per heavy atom. The van der Waals surface area contributed by atoms with Crippen LogP contribution in [0.1, 0.15) is 89.6 Å². The maximum atomic E-state index is 13.1. The van der Waals surface area contributed by atoms with E-state index in [0.717, 1.165) is 47.4 Å². The number of carbonyl (C=O) groups is 3. The number of H-pyrrole nitrogens is 1. The Morgan fingerprint density at radius 3 is 2.49 bits per heavy atom. The number of fused-ring (bicyclic) bond motifs is 1. The van der Waals surface area contributed by atoms with Gasteiger partial charge in [-0.15, -0.1) is 0 Å². The maximum absolute atomic E-state index is 13.1. The number of amides is 1. The minimum Gasteiger partial charge on any atom is -0.461 e. The zero-order chi connectivity index (χ0) is 31.6. The zero-order valence-electron chi connectivity index (χ0n) is 26.0. The van der Waals surface area contributed by atoms with E-state index in [1.807, 2.05) is 26.8 Å². The molecule has 3 rings (SSSR count). The van der Waals surface area contributed by atoms with Crippen LogP contribution in [-0.2, 0) is 23.9 Å². The predicted molar refractivity (Wildman–Crippen MR) is 168 cm³/mol. The molecule has 7 nitrogen and oxygen atoms in total. The second-order valence-electron chi connectivity index (χ2n) is 11.9. The topological polar surface area (TPSA) is 97.5 Å². The van der Waals surface area contributed by atoms with E-state index in [-0.39, 0.29) is 36.7 Å². The summed E-state index contributed by atoms with van der Waals surface area (Å²) in [5, 5.41) is 2.65. The van der Waals surface area contributed by atoms with Gasteiger partial charge in [-0.05, 0) is 101 Å². The molecule has 1 aromatic carbocycles. The van der Waals surface area contributed by atoms with Gasteiger partial charge in [0, 0.05) is 41.1 Å². The Bertz CT molecular complexity index is 1420. The van der Waals surface area contributed by atoms with E-state index in [9.17, 15) is 18.8 Å². The summed E-state index contributed by atoms with van der Waals surface area (Å²) >= 11 is 0. The molecule has 0 saturated carbocycles. The maximum Gasteiger partial charge on any atom is 0.335 e. The number of nitrogens with one attached hydrogen (secondary N) is 2. The van der Waals surface area contributed by atoms with Gasteiger partial charge >= 0.3 is 11.9 Å². The first-order chi connectivity index (χ1) is 20.4. The molecule has 2 aromatic rings. The molecule has 8 heteroatoms. The largest absolute Gasteiger partial charge is 0.461 e. The normalized spacial score (nSPS) is 17.7. The Kier molecular flexibility index (Phi) is 11.9. The van der Waals surface area contributed by atoms with Crippen LogP contribution in [0.3, 0.4) is 0 Å². The fourth-order valence-electron chi connectivity index (χ4n) is 5.16. The Balaban J connectivity index is 1.75. The fraction of sp³-hybridized carbons (Fsp3) is 0.400. The summed E-state index contributed by atoms with van der Waals surface area (Å²) in [6.45, 7) is 12.1. The van der Waals surface area contributed by atoms with E-state index in [1.54, 1.807) is 0 Å². The molecular formula is C35H43FN2O5. The number of ether oxygens (including phenoxy) is 2. The smallest absolute Gasteiger partial charge is 0.335 e. The van der Waals surface area contributed by atoms with Gasteiger partial charge < -0.3 is 19.8 Å². The molecule has 2 atom stereocenters. The van der Waals surface area contributed by atoms with Crippen molar-refractivity contribution >= 4 is 29.1 Å². The molecular weight excluding hydrogens is 547 g/mol. The van der Waals surface area contributed by atoms with E-state index in [0.29, 0.717) is 5.69 Å². The van der Waals surface area contributed by atoms with Crippen molar-refractivity contribution in [3.05, 3.63) is 94.8 Å². The average Bonchev–Trinajstić information content (AvgIpc) is 3.26. The number of hydrogen-bond acceptors (Lipinski definition) is 5. The van der Waals surface area contributed by atoms with Crippen LogP contribution in [0.2, 0.25) is 0 Å². The molecule has 0 fully saturated rings. The van der Waals surface area contributed by atoms with Crippen LogP contribution < -0.4 is 5.32 Å². The third-order valence-corrected chi connectivity index (χ3v) is 7.41. The van der Waals surface area contributed by atoms with Crippen LogP contribution in [0.15, 0.2) is 72.0 Å². The van der Waals surface area contributed by atoms with Gasteiger partial charge in [0.15, 0.2) is 0 Å². The Morgan fingerprint density at radius 2 is 1.81 bits per heavy atom. The number of carbonyl (C=O) groups excluding carboxylic acids is 3. The minimum atomic E-state index is -0.488. The SMILES string of the molecule is CC(C)=CCC[C@@]1(C)CC=C(COC(=O)CCC(=O)Nc2ccc(F)cc2)c2[nH]c(C)cc2[C@@H]1/C=C/OC(=O)C=C(C)C. The number of aromatic nitrogens is 1. The van der Waals surface area contributed by atoms with Crippen LogP contribution >= 0.6 is 0 Å². The third-order valence-electron chi connectivity index (χ3n) is 7.41. The summed E-state index contributed by atoms with van der Waals surface area (Å²) in [6.07, 6.45) is 11.6. The van der Waals surface area contributed by atoms with Gasteiger partial charge in [0.1, 0.15) is 12.4 Å². The number of rotatable bonds is 12. The van der Waals surface area contributed by atoms with E-state index < -0.39 is 17.8 Å². The zero-order valence-corrected chi connectivity index (χ0v) is 26.0. The molecule has 0 bridgehead atoms. The number of anilines is 1. The molecule has 0 unspecified atom stereocenters. The Hall–Kier alpha value is -4.20. The molecule has 0 radical (unpaired) electrons.